The van der Waals surface area contributed by atoms with Crippen molar-refractivity contribution < 1.29 is 0 Å². The van der Waals surface area contributed by atoms with Gasteiger partial charge in [-0.15, -0.1) is 11.8 Å². The van der Waals surface area contributed by atoms with Crippen molar-refractivity contribution in [3.05, 3.63) is 58.7 Å². The lowest BCUT2D eigenvalue weighted by Gasteiger charge is -2.05. The lowest BCUT2D eigenvalue weighted by Crippen LogP contribution is -1.99. The Morgan fingerprint density at radius 3 is 2.65 bits per heavy atom. The summed E-state index contributed by atoms with van der Waals surface area (Å²) < 4.78 is 0. The number of halogens is 1. The molecule has 88 valence electrons. The van der Waals surface area contributed by atoms with Crippen molar-refractivity contribution in [1.29, 1.82) is 0 Å². The molecule has 0 aliphatic carbocycles. The van der Waals surface area contributed by atoms with E-state index >= 15 is 0 Å². The molecule has 0 amide bonds. The van der Waals surface area contributed by atoms with Crippen molar-refractivity contribution >= 4 is 23.4 Å². The molecule has 17 heavy (non-hydrogen) atoms. The van der Waals surface area contributed by atoms with E-state index in [9.17, 15) is 0 Å². The smallest absolute Gasteiger partial charge is 0.101 e. The van der Waals surface area contributed by atoms with Crippen LogP contribution in [0.3, 0.4) is 0 Å². The van der Waals surface area contributed by atoms with E-state index in [-0.39, 0.29) is 0 Å². The van der Waals surface area contributed by atoms with Crippen LogP contribution in [0, 0.1) is 0 Å². The molecule has 0 bridgehead atoms. The van der Waals surface area contributed by atoms with Gasteiger partial charge in [0.1, 0.15) is 5.03 Å². The minimum Gasteiger partial charge on any atom is -0.326 e. The van der Waals surface area contributed by atoms with Crippen molar-refractivity contribution in [2.45, 2.75) is 17.3 Å². The van der Waals surface area contributed by atoms with Gasteiger partial charge in [-0.1, -0.05) is 29.8 Å². The van der Waals surface area contributed by atoms with Crippen LogP contribution in [0.1, 0.15) is 11.1 Å². The van der Waals surface area contributed by atoms with Crippen LogP contribution in [-0.2, 0) is 12.3 Å². The molecule has 2 N–H and O–H groups in total. The van der Waals surface area contributed by atoms with Crippen LogP contribution in [0.2, 0.25) is 5.02 Å². The van der Waals surface area contributed by atoms with Crippen LogP contribution in [-0.4, -0.2) is 4.98 Å². The molecule has 1 aromatic heterocycles. The Balaban J connectivity index is 2.04. The molecule has 0 aliphatic rings. The molecule has 2 nitrogen and oxygen atoms in total. The van der Waals surface area contributed by atoms with Gasteiger partial charge in [0.05, 0.1) is 0 Å². The van der Waals surface area contributed by atoms with Gasteiger partial charge in [0.2, 0.25) is 0 Å². The Bertz CT molecular complexity index is 485. The van der Waals surface area contributed by atoms with Crippen molar-refractivity contribution in [2.24, 2.45) is 5.73 Å². The monoisotopic (exact) mass is 264 g/mol. The summed E-state index contributed by atoms with van der Waals surface area (Å²) >= 11 is 7.54. The van der Waals surface area contributed by atoms with Gasteiger partial charge in [-0.05, 0) is 29.3 Å². The van der Waals surface area contributed by atoms with Gasteiger partial charge < -0.3 is 5.73 Å². The summed E-state index contributed by atoms with van der Waals surface area (Å²) in [4.78, 5) is 4.34. The normalized spacial score (nSPS) is 10.5. The van der Waals surface area contributed by atoms with E-state index < -0.39 is 0 Å². The Morgan fingerprint density at radius 2 is 1.94 bits per heavy atom. The number of nitrogens with two attached hydrogens (primary N) is 1. The fourth-order valence-corrected chi connectivity index (χ4v) is 2.54. The molecule has 0 atom stereocenters. The molecule has 0 spiro atoms. The van der Waals surface area contributed by atoms with E-state index in [0.717, 1.165) is 21.4 Å². The molecule has 2 rings (SSSR count). The second kappa shape index (κ2) is 6.05. The standard InChI is InChI=1S/C13H13ClN2S/c14-12-5-3-10(4-6-12)9-17-13-11(8-15)2-1-7-16-13/h1-7H,8-9,15H2. The zero-order valence-corrected chi connectivity index (χ0v) is 10.8. The van der Waals surface area contributed by atoms with Gasteiger partial charge >= 0.3 is 0 Å². The number of hydrogen-bond donors (Lipinski definition) is 1. The SMILES string of the molecule is NCc1cccnc1SCc1ccc(Cl)cc1. The summed E-state index contributed by atoms with van der Waals surface area (Å²) in [6.07, 6.45) is 1.79. The maximum Gasteiger partial charge on any atom is 0.101 e. The third kappa shape index (κ3) is 3.46. The molecule has 0 fully saturated rings. The number of pyridine rings is 1. The maximum absolute atomic E-state index is 5.84. The van der Waals surface area contributed by atoms with Gasteiger partial charge in [-0.3, -0.25) is 0 Å². The molecule has 0 aliphatic heterocycles. The van der Waals surface area contributed by atoms with Crippen LogP contribution in [0.15, 0.2) is 47.6 Å². The first-order valence-electron chi connectivity index (χ1n) is 5.31. The van der Waals surface area contributed by atoms with E-state index in [1.165, 1.54) is 5.56 Å². The summed E-state index contributed by atoms with van der Waals surface area (Å²) in [5, 5.41) is 1.77. The Morgan fingerprint density at radius 1 is 1.18 bits per heavy atom. The Hall–Kier alpha value is -1.03. The largest absolute Gasteiger partial charge is 0.326 e. The summed E-state index contributed by atoms with van der Waals surface area (Å²) in [6.45, 7) is 0.525. The van der Waals surface area contributed by atoms with Gasteiger partial charge in [0, 0.05) is 23.5 Å². The predicted octanol–water partition coefficient (Wildman–Crippen LogP) is 3.49. The molecule has 1 aromatic carbocycles. The van der Waals surface area contributed by atoms with Crippen LogP contribution in [0.5, 0.6) is 0 Å². The Labute approximate surface area is 110 Å². The van der Waals surface area contributed by atoms with E-state index in [2.05, 4.69) is 4.98 Å². The molecular formula is C13H13ClN2S. The number of aromatic nitrogens is 1. The lowest BCUT2D eigenvalue weighted by atomic mass is 10.2. The minimum absolute atomic E-state index is 0.525. The molecule has 2 aromatic rings. The second-order valence-electron chi connectivity index (χ2n) is 3.59. The van der Waals surface area contributed by atoms with E-state index in [1.807, 2.05) is 36.4 Å². The highest BCUT2D eigenvalue weighted by Crippen LogP contribution is 2.24. The molecule has 0 radical (unpaired) electrons. The first-order valence-corrected chi connectivity index (χ1v) is 6.67. The quantitative estimate of drug-likeness (QED) is 0.860. The molecule has 1 heterocycles. The maximum atomic E-state index is 5.84. The molecule has 0 saturated carbocycles. The number of benzene rings is 1. The summed E-state index contributed by atoms with van der Waals surface area (Å²) in [7, 11) is 0. The van der Waals surface area contributed by atoms with Crippen molar-refractivity contribution in [3.8, 4) is 0 Å². The van der Waals surface area contributed by atoms with Gasteiger partial charge in [-0.25, -0.2) is 4.98 Å². The highest BCUT2D eigenvalue weighted by molar-refractivity contribution is 7.98. The van der Waals surface area contributed by atoms with Crippen molar-refractivity contribution in [2.75, 3.05) is 0 Å². The van der Waals surface area contributed by atoms with Crippen molar-refractivity contribution in [1.82, 2.24) is 4.98 Å². The number of thioether (sulfide) groups is 1. The number of rotatable bonds is 4. The average molecular weight is 265 g/mol. The fourth-order valence-electron chi connectivity index (χ4n) is 1.44. The third-order valence-corrected chi connectivity index (χ3v) is 3.73. The molecule has 0 unspecified atom stereocenters. The van der Waals surface area contributed by atoms with Crippen LogP contribution in [0.25, 0.3) is 0 Å². The van der Waals surface area contributed by atoms with E-state index in [0.29, 0.717) is 6.54 Å². The van der Waals surface area contributed by atoms with E-state index in [4.69, 9.17) is 17.3 Å². The molecule has 4 heteroatoms. The molecule has 0 saturated heterocycles. The number of hydrogen-bond acceptors (Lipinski definition) is 3. The average Bonchev–Trinajstić information content (AvgIpc) is 2.38. The second-order valence-corrected chi connectivity index (χ2v) is 4.99. The highest BCUT2D eigenvalue weighted by atomic mass is 35.5. The van der Waals surface area contributed by atoms with Gasteiger partial charge in [-0.2, -0.15) is 0 Å². The van der Waals surface area contributed by atoms with Crippen LogP contribution >= 0.6 is 23.4 Å². The van der Waals surface area contributed by atoms with Gasteiger partial charge in [0.25, 0.3) is 0 Å². The zero-order chi connectivity index (χ0) is 12.1. The summed E-state index contributed by atoms with van der Waals surface area (Å²) in [5.41, 5.74) is 7.99. The predicted molar refractivity (Wildman–Crippen MR) is 73.1 cm³/mol. The van der Waals surface area contributed by atoms with Crippen molar-refractivity contribution in [3.63, 3.8) is 0 Å². The minimum atomic E-state index is 0.525. The Kier molecular flexibility index (Phi) is 4.42. The fraction of sp³-hybridized carbons (Fsp3) is 0.154. The van der Waals surface area contributed by atoms with Gasteiger partial charge in [0.15, 0.2) is 0 Å². The first kappa shape index (κ1) is 12.4. The van der Waals surface area contributed by atoms with E-state index in [1.54, 1.807) is 18.0 Å². The lowest BCUT2D eigenvalue weighted by molar-refractivity contribution is 0.963. The topological polar surface area (TPSA) is 38.9 Å². The first-order chi connectivity index (χ1) is 8.29. The third-order valence-electron chi connectivity index (χ3n) is 2.36. The van der Waals surface area contributed by atoms with Crippen LogP contribution in [0.4, 0.5) is 0 Å². The highest BCUT2D eigenvalue weighted by Gasteiger charge is 2.02. The molecular weight excluding hydrogens is 252 g/mol. The zero-order valence-electron chi connectivity index (χ0n) is 9.27. The summed E-state index contributed by atoms with van der Waals surface area (Å²) in [5.74, 6) is 0.876. The summed E-state index contributed by atoms with van der Waals surface area (Å²) in [6, 6.07) is 11.8. The number of nitrogens with zero attached hydrogens (tertiary/aromatic N) is 1. The van der Waals surface area contributed by atoms with Crippen LogP contribution < -0.4 is 5.73 Å².